The molecule has 0 spiro atoms. The first-order valence-electron chi connectivity index (χ1n) is 16.0. The molecule has 5 rings (SSSR count). The Morgan fingerprint density at radius 1 is 0.898 bits per heavy atom. The van der Waals surface area contributed by atoms with Crippen LogP contribution in [0.1, 0.15) is 75.8 Å². The lowest BCUT2D eigenvalue weighted by Gasteiger charge is -2.39. The molecule has 1 aliphatic carbocycles. The van der Waals surface area contributed by atoms with E-state index in [4.69, 9.17) is 23.7 Å². The summed E-state index contributed by atoms with van der Waals surface area (Å²) in [6, 6.07) is 11.6. The molecule has 3 heterocycles. The fraction of sp³-hybridized carbons (Fsp3) is 0.514. The number of nitrogens with zero attached hydrogens (tertiary/aromatic N) is 2. The summed E-state index contributed by atoms with van der Waals surface area (Å²) in [4.78, 5) is 21.4. The molecule has 2 fully saturated rings. The molecule has 1 aliphatic heterocycles. The molecule has 12 nitrogen and oxygen atoms in total. The van der Waals surface area contributed by atoms with Crippen molar-refractivity contribution < 1.29 is 57.7 Å². The molecule has 1 saturated heterocycles. The number of halogens is 2. The van der Waals surface area contributed by atoms with E-state index in [1.54, 1.807) is 65.1 Å². The first kappa shape index (κ1) is 36.3. The predicted octanol–water partition coefficient (Wildman–Crippen LogP) is 3.75. The average Bonchev–Trinajstić information content (AvgIpc) is 3.84. The Morgan fingerprint density at radius 3 is 2.18 bits per heavy atom. The van der Waals surface area contributed by atoms with E-state index in [2.05, 4.69) is 9.97 Å². The summed E-state index contributed by atoms with van der Waals surface area (Å²) in [6.07, 6.45) is -3.30. The summed E-state index contributed by atoms with van der Waals surface area (Å²) < 4.78 is 53.5. The number of esters is 1. The average molecular weight is 689 g/mol. The van der Waals surface area contributed by atoms with Crippen molar-refractivity contribution >= 4 is 5.97 Å². The fourth-order valence-corrected chi connectivity index (χ4v) is 5.25. The maximum atomic E-state index is 13.2. The van der Waals surface area contributed by atoms with E-state index < -0.39 is 54.5 Å². The highest BCUT2D eigenvalue weighted by molar-refractivity contribution is 5.76. The zero-order valence-corrected chi connectivity index (χ0v) is 27.8. The van der Waals surface area contributed by atoms with Gasteiger partial charge >= 0.3 is 12.6 Å². The number of pyridine rings is 2. The standard InChI is InChI=1S/C35H42F2N2O10/c1-34(2,3)49-31(43)30-28(41)27(40)29(42)32(48-30)47-26-13-6-18(16-39-26)14-22(20-8-12-25(38-17-20)35(4,5)44)19-7-11-23(46-33(36)37)24(15-19)45-21-9-10-21/h6-8,11-13,15-17,21-22,27-30,32-33,40-42,44H,9-10,14H2,1-5H3/t22-,27?,28-,29-,30?,32+/m0/s1. The van der Waals surface area contributed by atoms with Crippen molar-refractivity contribution in [1.29, 1.82) is 0 Å². The van der Waals surface area contributed by atoms with Crippen LogP contribution in [0.3, 0.4) is 0 Å². The van der Waals surface area contributed by atoms with Gasteiger partial charge in [0.1, 0.15) is 29.5 Å². The number of carbonyl (C=O) groups is 1. The van der Waals surface area contributed by atoms with E-state index in [0.29, 0.717) is 12.1 Å². The molecule has 0 amide bonds. The van der Waals surface area contributed by atoms with Gasteiger partial charge in [0, 0.05) is 24.4 Å². The van der Waals surface area contributed by atoms with Crippen LogP contribution in [0.4, 0.5) is 8.78 Å². The Balaban J connectivity index is 1.38. The van der Waals surface area contributed by atoms with Crippen LogP contribution in [-0.2, 0) is 26.3 Å². The molecule has 0 bridgehead atoms. The topological polar surface area (TPSA) is 170 Å². The molecule has 2 aromatic heterocycles. The second kappa shape index (κ2) is 14.5. The highest BCUT2D eigenvalue weighted by Gasteiger charge is 2.49. The quantitative estimate of drug-likeness (QED) is 0.204. The number of hydrogen-bond donors (Lipinski definition) is 4. The monoisotopic (exact) mass is 688 g/mol. The summed E-state index contributed by atoms with van der Waals surface area (Å²) in [5, 5.41) is 41.7. The number of benzene rings is 1. The highest BCUT2D eigenvalue weighted by Crippen LogP contribution is 2.39. The zero-order chi connectivity index (χ0) is 35.7. The molecular weight excluding hydrogens is 646 g/mol. The Bertz CT molecular complexity index is 1570. The van der Waals surface area contributed by atoms with Crippen molar-refractivity contribution in [3.8, 4) is 17.4 Å². The van der Waals surface area contributed by atoms with Crippen molar-refractivity contribution in [1.82, 2.24) is 9.97 Å². The first-order chi connectivity index (χ1) is 23.0. The number of ether oxygens (including phenoxy) is 5. The van der Waals surface area contributed by atoms with Crippen LogP contribution in [0.5, 0.6) is 17.4 Å². The van der Waals surface area contributed by atoms with Crippen molar-refractivity contribution in [3.63, 3.8) is 0 Å². The molecule has 49 heavy (non-hydrogen) atoms. The summed E-state index contributed by atoms with van der Waals surface area (Å²) in [7, 11) is 0. The van der Waals surface area contributed by atoms with E-state index in [1.807, 2.05) is 6.07 Å². The normalized spacial score (nSPS) is 23.6. The van der Waals surface area contributed by atoms with Crippen LogP contribution in [0.15, 0.2) is 54.9 Å². The molecule has 0 radical (unpaired) electrons. The molecule has 1 saturated carbocycles. The third kappa shape index (κ3) is 9.40. The molecule has 14 heteroatoms. The number of aliphatic hydroxyl groups is 4. The van der Waals surface area contributed by atoms with Crippen molar-refractivity contribution in [2.45, 2.75) is 114 Å². The molecular formula is C35H42F2N2O10. The lowest BCUT2D eigenvalue weighted by Crippen LogP contribution is -2.61. The van der Waals surface area contributed by atoms with Crippen LogP contribution >= 0.6 is 0 Å². The predicted molar refractivity (Wildman–Crippen MR) is 169 cm³/mol. The maximum Gasteiger partial charge on any atom is 0.387 e. The lowest BCUT2D eigenvalue weighted by molar-refractivity contribution is -0.275. The number of alkyl halides is 2. The summed E-state index contributed by atoms with van der Waals surface area (Å²) in [6.45, 7) is 5.13. The summed E-state index contributed by atoms with van der Waals surface area (Å²) in [5.74, 6) is -1.16. The number of aromatic nitrogens is 2. The van der Waals surface area contributed by atoms with Gasteiger partial charge in [0.05, 0.1) is 11.8 Å². The third-order valence-corrected chi connectivity index (χ3v) is 7.90. The second-order valence-electron chi connectivity index (χ2n) is 13.7. The minimum Gasteiger partial charge on any atom is -0.487 e. The van der Waals surface area contributed by atoms with E-state index in [0.717, 1.165) is 29.5 Å². The van der Waals surface area contributed by atoms with E-state index in [9.17, 15) is 34.0 Å². The van der Waals surface area contributed by atoms with Gasteiger partial charge in [-0.25, -0.2) is 9.78 Å². The Labute approximate surface area is 282 Å². The molecule has 6 atom stereocenters. The first-order valence-corrected chi connectivity index (χ1v) is 16.0. The molecule has 4 N–H and O–H groups in total. The number of hydrogen-bond acceptors (Lipinski definition) is 12. The highest BCUT2D eigenvalue weighted by atomic mass is 19.3. The zero-order valence-electron chi connectivity index (χ0n) is 27.8. The minimum atomic E-state index is -3.02. The van der Waals surface area contributed by atoms with Gasteiger partial charge in [-0.1, -0.05) is 18.2 Å². The Hall–Kier alpha value is -3.95. The Kier molecular flexibility index (Phi) is 10.7. The minimum absolute atomic E-state index is 0.000644. The maximum absolute atomic E-state index is 13.2. The molecule has 266 valence electrons. The Morgan fingerprint density at radius 2 is 1.61 bits per heavy atom. The smallest absolute Gasteiger partial charge is 0.387 e. The van der Waals surface area contributed by atoms with Gasteiger partial charge in [0.25, 0.3) is 0 Å². The summed E-state index contributed by atoms with van der Waals surface area (Å²) in [5.41, 5.74) is 0.643. The van der Waals surface area contributed by atoms with Crippen LogP contribution < -0.4 is 14.2 Å². The van der Waals surface area contributed by atoms with Gasteiger partial charge in [-0.15, -0.1) is 0 Å². The lowest BCUT2D eigenvalue weighted by atomic mass is 9.86. The molecule has 2 aliphatic rings. The number of carbonyl (C=O) groups excluding carboxylic acids is 1. The third-order valence-electron chi connectivity index (χ3n) is 7.90. The van der Waals surface area contributed by atoms with Gasteiger partial charge in [0.2, 0.25) is 12.2 Å². The van der Waals surface area contributed by atoms with Crippen LogP contribution in [0.2, 0.25) is 0 Å². The number of rotatable bonds is 12. The fourth-order valence-electron chi connectivity index (χ4n) is 5.25. The molecule has 1 aromatic carbocycles. The van der Waals surface area contributed by atoms with Crippen molar-refractivity contribution in [2.24, 2.45) is 0 Å². The van der Waals surface area contributed by atoms with Gasteiger partial charge in [-0.2, -0.15) is 8.78 Å². The van der Waals surface area contributed by atoms with Gasteiger partial charge in [-0.05, 0) is 88.8 Å². The van der Waals surface area contributed by atoms with Crippen molar-refractivity contribution in [2.75, 3.05) is 0 Å². The SMILES string of the molecule is CC(C)(C)OC(=O)C1O[C@@H](Oc2ccc(C[C@H](c3ccc(C(C)(C)O)nc3)c3ccc(OC(F)F)c(OC4CC4)c3)cn2)[C@@H](O)C(O)[C@@H]1O. The van der Waals surface area contributed by atoms with Gasteiger partial charge < -0.3 is 44.1 Å². The van der Waals surface area contributed by atoms with E-state index >= 15 is 0 Å². The van der Waals surface area contributed by atoms with Crippen LogP contribution in [0, 0.1) is 0 Å². The number of aliphatic hydroxyl groups excluding tert-OH is 3. The van der Waals surface area contributed by atoms with E-state index in [-0.39, 0.29) is 29.4 Å². The summed E-state index contributed by atoms with van der Waals surface area (Å²) >= 11 is 0. The van der Waals surface area contributed by atoms with Crippen molar-refractivity contribution in [3.05, 3.63) is 77.2 Å². The van der Waals surface area contributed by atoms with Crippen LogP contribution in [-0.4, -0.2) is 85.4 Å². The molecule has 2 unspecified atom stereocenters. The van der Waals surface area contributed by atoms with E-state index in [1.165, 1.54) is 18.3 Å². The second-order valence-corrected chi connectivity index (χ2v) is 13.7. The van der Waals surface area contributed by atoms with Gasteiger partial charge in [-0.3, -0.25) is 4.98 Å². The largest absolute Gasteiger partial charge is 0.487 e. The molecule has 3 aromatic rings. The van der Waals surface area contributed by atoms with Gasteiger partial charge in [0.15, 0.2) is 17.6 Å². The van der Waals surface area contributed by atoms with Crippen LogP contribution in [0.25, 0.3) is 0 Å².